The summed E-state index contributed by atoms with van der Waals surface area (Å²) in [6, 6.07) is 9.13. The highest BCUT2D eigenvalue weighted by Gasteiger charge is 2.30. The number of nitrogens with one attached hydrogen (secondary N) is 2. The van der Waals surface area contributed by atoms with E-state index in [2.05, 4.69) is 21.9 Å². The van der Waals surface area contributed by atoms with Crippen LogP contribution >= 0.6 is 0 Å². The lowest BCUT2D eigenvalue weighted by atomic mass is 9.85. The Bertz CT molecular complexity index is 1230. The summed E-state index contributed by atoms with van der Waals surface area (Å²) in [6.45, 7) is 1.81. The van der Waals surface area contributed by atoms with Crippen molar-refractivity contribution in [3.8, 4) is 11.8 Å². The molecule has 1 amide bonds. The van der Waals surface area contributed by atoms with E-state index in [9.17, 15) is 28.0 Å². The second kappa shape index (κ2) is 13.0. The molecule has 1 aliphatic carbocycles. The molecule has 0 spiro atoms. The van der Waals surface area contributed by atoms with Crippen LogP contribution in [0.25, 0.3) is 0 Å². The molecule has 1 atom stereocenters. The molecule has 1 saturated carbocycles. The van der Waals surface area contributed by atoms with Crippen molar-refractivity contribution in [2.24, 2.45) is 5.92 Å². The van der Waals surface area contributed by atoms with Gasteiger partial charge in [0.2, 0.25) is 15.9 Å². The molecule has 9 nitrogen and oxygen atoms in total. The van der Waals surface area contributed by atoms with Gasteiger partial charge in [-0.1, -0.05) is 24.0 Å². The summed E-state index contributed by atoms with van der Waals surface area (Å²) in [5.74, 6) is 4.81. The maximum Gasteiger partial charge on any atom is 0.240 e. The Balaban J connectivity index is 1.58. The van der Waals surface area contributed by atoms with Gasteiger partial charge in [-0.3, -0.25) is 15.2 Å². The quantitative estimate of drug-likeness (QED) is 0.189. The van der Waals surface area contributed by atoms with E-state index in [4.69, 9.17) is 5.11 Å². The largest absolute Gasteiger partial charge is 0.396 e. The van der Waals surface area contributed by atoms with Crippen molar-refractivity contribution in [2.45, 2.75) is 62.4 Å². The Morgan fingerprint density at radius 2 is 1.81 bits per heavy atom. The van der Waals surface area contributed by atoms with Crippen molar-refractivity contribution in [3.05, 3.63) is 59.4 Å². The first kappa shape index (κ1) is 28.6. The fourth-order valence-electron chi connectivity index (χ4n) is 4.20. The molecule has 11 heteroatoms. The molecule has 2 aromatic rings. The molecule has 0 aromatic heterocycles. The summed E-state index contributed by atoms with van der Waals surface area (Å²) < 4.78 is 41.7. The van der Waals surface area contributed by atoms with Gasteiger partial charge in [0.15, 0.2) is 0 Å². The van der Waals surface area contributed by atoms with E-state index in [-0.39, 0.29) is 57.7 Å². The van der Waals surface area contributed by atoms with Crippen LogP contribution in [0.4, 0.5) is 10.1 Å². The average Bonchev–Trinajstić information content (AvgIpc) is 2.87. The van der Waals surface area contributed by atoms with Crippen molar-refractivity contribution in [3.63, 3.8) is 0 Å². The summed E-state index contributed by atoms with van der Waals surface area (Å²) in [4.78, 5) is 12.6. The first-order valence-corrected chi connectivity index (χ1v) is 13.6. The highest BCUT2D eigenvalue weighted by molar-refractivity contribution is 7.89. The van der Waals surface area contributed by atoms with Gasteiger partial charge in [-0.2, -0.15) is 0 Å². The van der Waals surface area contributed by atoms with Gasteiger partial charge in [0.1, 0.15) is 11.5 Å². The van der Waals surface area contributed by atoms with Gasteiger partial charge < -0.3 is 10.4 Å². The lowest BCUT2D eigenvalue weighted by Gasteiger charge is -2.29. The van der Waals surface area contributed by atoms with Gasteiger partial charge in [0.05, 0.1) is 16.5 Å². The Labute approximate surface area is 216 Å². The first-order valence-electron chi connectivity index (χ1n) is 12.1. The highest BCUT2D eigenvalue weighted by atomic mass is 32.2. The lowest BCUT2D eigenvalue weighted by Crippen LogP contribution is -2.41. The molecule has 0 radical (unpaired) electrons. The topological polar surface area (TPSA) is 139 Å². The number of carbonyl (C=O) groups is 1. The van der Waals surface area contributed by atoms with E-state index >= 15 is 0 Å². The van der Waals surface area contributed by atoms with E-state index in [1.54, 1.807) is 12.1 Å². The Morgan fingerprint density at radius 1 is 1.14 bits per heavy atom. The van der Waals surface area contributed by atoms with E-state index in [0.29, 0.717) is 38.5 Å². The average molecular weight is 534 g/mol. The van der Waals surface area contributed by atoms with Gasteiger partial charge in [-0.25, -0.2) is 17.5 Å². The number of amides is 1. The minimum atomic E-state index is -3.97. The normalized spacial score (nSPS) is 18.4. The molecule has 0 heterocycles. The number of rotatable bonds is 9. The fraction of sp³-hybridized carbons (Fsp3) is 0.423. The van der Waals surface area contributed by atoms with E-state index in [0.717, 1.165) is 11.6 Å². The van der Waals surface area contributed by atoms with Gasteiger partial charge in [-0.05, 0) is 74.9 Å². The molecule has 1 aliphatic rings. The minimum Gasteiger partial charge on any atom is -0.396 e. The number of benzene rings is 2. The monoisotopic (exact) mass is 533 g/mol. The number of unbranched alkanes of at least 4 members (excludes halogenated alkanes) is 1. The molecule has 5 N–H and O–H groups in total. The molecule has 0 unspecified atom stereocenters. The second-order valence-electron chi connectivity index (χ2n) is 9.05. The van der Waals surface area contributed by atoms with E-state index in [1.807, 2.05) is 6.92 Å². The van der Waals surface area contributed by atoms with Gasteiger partial charge in [0, 0.05) is 25.0 Å². The zero-order chi connectivity index (χ0) is 27.0. The molecular weight excluding hydrogens is 501 g/mol. The van der Waals surface area contributed by atoms with Crippen molar-refractivity contribution in [1.82, 2.24) is 10.0 Å². The SMILES string of the molecule is C[C@@H](NC(=O)C1CCC(NS(=O)(=O)c2ccc(C#CCCCO)c(N(O)O)c2)CC1)c1ccc(F)cc1. The van der Waals surface area contributed by atoms with Crippen molar-refractivity contribution in [2.75, 3.05) is 11.8 Å². The summed E-state index contributed by atoms with van der Waals surface area (Å²) in [5.41, 5.74) is 0.834. The molecule has 200 valence electrons. The number of hydrogen-bond acceptors (Lipinski definition) is 7. The van der Waals surface area contributed by atoms with Crippen molar-refractivity contribution >= 4 is 21.6 Å². The van der Waals surface area contributed by atoms with Gasteiger partial charge >= 0.3 is 0 Å². The van der Waals surface area contributed by atoms with Crippen LogP contribution in [0.2, 0.25) is 0 Å². The van der Waals surface area contributed by atoms with Gasteiger partial charge in [-0.15, -0.1) is 5.23 Å². The molecule has 0 bridgehead atoms. The molecule has 0 aliphatic heterocycles. The van der Waals surface area contributed by atoms with Crippen LogP contribution in [-0.4, -0.2) is 42.5 Å². The predicted octanol–water partition coefficient (Wildman–Crippen LogP) is 3.25. The maximum absolute atomic E-state index is 13.1. The standard InChI is InChI=1S/C26H32FN3O6S/c1-18(19-6-11-22(27)12-7-19)28-26(32)21-8-13-23(14-9-21)29-37(35,36)24-15-10-20(5-3-2-4-16-31)25(17-24)30(33)34/h6-7,10-12,15,17-18,21,23,29,31,33-34H,2,4,8-9,13-14,16H2,1H3,(H,28,32)/t18-,21?,23?/m1/s1. The first-order chi connectivity index (χ1) is 17.6. The van der Waals surface area contributed by atoms with Crippen LogP contribution in [0.3, 0.4) is 0 Å². The van der Waals surface area contributed by atoms with Crippen molar-refractivity contribution < 1.29 is 33.1 Å². The van der Waals surface area contributed by atoms with Crippen LogP contribution in [0.15, 0.2) is 47.4 Å². The third-order valence-electron chi connectivity index (χ3n) is 6.33. The fourth-order valence-corrected chi connectivity index (χ4v) is 5.53. The van der Waals surface area contributed by atoms with Crippen LogP contribution < -0.4 is 15.3 Å². The molecular formula is C26H32FN3O6S. The third kappa shape index (κ3) is 7.99. The number of carbonyl (C=O) groups excluding carboxylic acids is 1. The molecule has 1 fully saturated rings. The molecule has 0 saturated heterocycles. The Kier molecular flexibility index (Phi) is 10.0. The summed E-state index contributed by atoms with van der Waals surface area (Å²) in [7, 11) is -3.97. The number of aliphatic hydroxyl groups is 1. The lowest BCUT2D eigenvalue weighted by molar-refractivity contribution is -0.126. The second-order valence-corrected chi connectivity index (χ2v) is 10.8. The van der Waals surface area contributed by atoms with Crippen LogP contribution in [-0.2, 0) is 14.8 Å². The number of aliphatic hydroxyl groups excluding tert-OH is 1. The zero-order valence-corrected chi connectivity index (χ0v) is 21.3. The Morgan fingerprint density at radius 3 is 2.43 bits per heavy atom. The molecule has 2 aromatic carbocycles. The summed E-state index contributed by atoms with van der Waals surface area (Å²) in [6.07, 6.45) is 2.82. The van der Waals surface area contributed by atoms with Crippen LogP contribution in [0, 0.1) is 23.6 Å². The zero-order valence-electron chi connectivity index (χ0n) is 20.5. The number of halogens is 1. The highest BCUT2D eigenvalue weighted by Crippen LogP contribution is 2.28. The summed E-state index contributed by atoms with van der Waals surface area (Å²) in [5, 5.41) is 30.7. The molecule has 37 heavy (non-hydrogen) atoms. The Hall–Kier alpha value is -3.01. The van der Waals surface area contributed by atoms with E-state index < -0.39 is 10.0 Å². The number of anilines is 1. The van der Waals surface area contributed by atoms with Gasteiger partial charge in [0.25, 0.3) is 0 Å². The summed E-state index contributed by atoms with van der Waals surface area (Å²) >= 11 is 0. The van der Waals surface area contributed by atoms with E-state index in [1.165, 1.54) is 24.3 Å². The van der Waals surface area contributed by atoms with Crippen LogP contribution in [0.5, 0.6) is 0 Å². The smallest absolute Gasteiger partial charge is 0.240 e. The van der Waals surface area contributed by atoms with Crippen molar-refractivity contribution in [1.29, 1.82) is 0 Å². The third-order valence-corrected chi connectivity index (χ3v) is 7.84. The number of nitrogens with zero attached hydrogens (tertiary/aromatic N) is 1. The number of hydrogen-bond donors (Lipinski definition) is 5. The minimum absolute atomic E-state index is 0.0157. The predicted molar refractivity (Wildman–Crippen MR) is 135 cm³/mol. The molecule has 3 rings (SSSR count). The van der Waals surface area contributed by atoms with Crippen LogP contribution in [0.1, 0.15) is 62.6 Å². The maximum atomic E-state index is 13.1. The number of sulfonamides is 1.